The fraction of sp³-hybridized carbons (Fsp3) is 0.200. The Hall–Kier alpha value is -2.23. The molecule has 0 unspecified atom stereocenters. The number of hydrogen-bond acceptors (Lipinski definition) is 2. The number of aliphatic imine (C=N–C) groups is 1. The second kappa shape index (κ2) is 8.20. The third-order valence-corrected chi connectivity index (χ3v) is 4.31. The molecule has 0 bridgehead atoms. The topological polar surface area (TPSA) is 81.1 Å². The van der Waals surface area contributed by atoms with Crippen molar-refractivity contribution < 1.29 is 35.9 Å². The molecule has 0 radical (unpaired) electrons. The molecule has 132 valence electrons. The Labute approximate surface area is 181 Å². The van der Waals surface area contributed by atoms with Gasteiger partial charge in [0.15, 0.2) is 0 Å². The molecule has 6 nitrogen and oxygen atoms in total. The molecule has 1 fully saturated rings. The number of hydrogen-bond donors (Lipinski definition) is 1. The van der Waals surface area contributed by atoms with E-state index in [1.165, 1.54) is 0 Å². The molecule has 7 heteroatoms. The summed E-state index contributed by atoms with van der Waals surface area (Å²) in [6.07, 6.45) is 10.2. The van der Waals surface area contributed by atoms with Gasteiger partial charge in [-0.3, -0.25) is 4.79 Å². The number of amidine groups is 1. The van der Waals surface area contributed by atoms with E-state index in [-0.39, 0.29) is 42.9 Å². The van der Waals surface area contributed by atoms with Crippen LogP contribution in [0.2, 0.25) is 0 Å². The van der Waals surface area contributed by atoms with Gasteiger partial charge >= 0.3 is 31.1 Å². The Morgan fingerprint density at radius 3 is 2.93 bits per heavy atom. The van der Waals surface area contributed by atoms with Crippen molar-refractivity contribution in [2.45, 2.75) is 19.8 Å². The summed E-state index contributed by atoms with van der Waals surface area (Å²) in [7, 11) is 0. The number of aromatic nitrogens is 2. The van der Waals surface area contributed by atoms with Crippen LogP contribution in [0.4, 0.5) is 5.69 Å². The van der Waals surface area contributed by atoms with Crippen LogP contribution in [0.25, 0.3) is 11.1 Å². The Balaban J connectivity index is 0.00000210. The van der Waals surface area contributed by atoms with Crippen LogP contribution >= 0.6 is 0 Å². The molecule has 27 heavy (non-hydrogen) atoms. The maximum atomic E-state index is 12.6. The monoisotopic (exact) mass is 581 g/mol. The molecule has 2 aromatic heterocycles. The van der Waals surface area contributed by atoms with Crippen molar-refractivity contribution >= 4 is 29.3 Å². The average Bonchev–Trinajstić information content (AvgIpc) is 3.36. The smallest absolute Gasteiger partial charge is 0.640 e. The molecule has 1 aliphatic rings. The first-order chi connectivity index (χ1) is 12.6. The van der Waals surface area contributed by atoms with Gasteiger partial charge in [-0.2, -0.15) is 0 Å². The number of anilines is 1. The number of nitrogens with zero attached hydrogens (tertiary/aromatic N) is 4. The minimum Gasteiger partial charge on any atom is -0.640 e. The van der Waals surface area contributed by atoms with E-state index in [0.29, 0.717) is 22.7 Å². The Morgan fingerprint density at radius 2 is 2.15 bits per heavy atom. The van der Waals surface area contributed by atoms with Crippen LogP contribution in [-0.4, -0.2) is 27.3 Å². The first kappa shape index (κ1) is 19.5. The van der Waals surface area contributed by atoms with Crippen molar-refractivity contribution in [2.24, 2.45) is 10.9 Å². The number of aryl methyl sites for hydroxylation is 1. The predicted molar refractivity (Wildman–Crippen MR) is 102 cm³/mol. The fourth-order valence-electron chi connectivity index (χ4n) is 2.56. The summed E-state index contributed by atoms with van der Waals surface area (Å²) >= 11 is 0. The van der Waals surface area contributed by atoms with Gasteiger partial charge in [0.2, 0.25) is 0 Å². The first-order valence-corrected chi connectivity index (χ1v) is 8.47. The normalized spacial score (nSPS) is 13.5. The zero-order valence-corrected chi connectivity index (χ0v) is 19.0. The molecular formula is C20H17N5OU. The zero-order chi connectivity index (χ0) is 18.1. The van der Waals surface area contributed by atoms with E-state index < -0.39 is 0 Å². The van der Waals surface area contributed by atoms with Gasteiger partial charge in [-0.25, -0.2) is 10.8 Å². The predicted octanol–water partition coefficient (Wildman–Crippen LogP) is 3.57. The summed E-state index contributed by atoms with van der Waals surface area (Å²) in [5.41, 5.74) is 3.28. The minimum atomic E-state index is -0.263. The van der Waals surface area contributed by atoms with Crippen LogP contribution in [0.1, 0.15) is 34.3 Å². The summed E-state index contributed by atoms with van der Waals surface area (Å²) in [6, 6.07) is 9.05. The summed E-state index contributed by atoms with van der Waals surface area (Å²) in [5, 5.41) is 13.0. The largest absolute Gasteiger partial charge is 2.00 e. The van der Waals surface area contributed by atoms with Crippen molar-refractivity contribution in [3.8, 4) is 0 Å². The number of amides is 1. The third-order valence-electron chi connectivity index (χ3n) is 4.31. The summed E-state index contributed by atoms with van der Waals surface area (Å²) < 4.78 is 1.79. The van der Waals surface area contributed by atoms with E-state index in [1.54, 1.807) is 28.9 Å². The van der Waals surface area contributed by atoms with Gasteiger partial charge in [-0.15, -0.1) is 11.5 Å². The van der Waals surface area contributed by atoms with E-state index in [9.17, 15) is 10.2 Å². The van der Waals surface area contributed by atoms with Gasteiger partial charge in [0.25, 0.3) is 5.91 Å². The summed E-state index contributed by atoms with van der Waals surface area (Å²) in [5.74, 6) is 0.00147. The minimum absolute atomic E-state index is 0. The molecule has 4 rings (SSSR count). The van der Waals surface area contributed by atoms with Crippen LogP contribution < -0.4 is 5.32 Å². The van der Waals surface area contributed by atoms with Gasteiger partial charge in [0, 0.05) is 24.3 Å². The van der Waals surface area contributed by atoms with Crippen molar-refractivity contribution in [3.05, 3.63) is 71.0 Å². The maximum Gasteiger partial charge on any atom is 2.00 e. The van der Waals surface area contributed by atoms with Gasteiger partial charge in [-0.05, 0) is 30.7 Å². The number of benzene rings is 1. The van der Waals surface area contributed by atoms with Gasteiger partial charge in [0.05, 0.1) is 5.56 Å². The van der Waals surface area contributed by atoms with Gasteiger partial charge < -0.3 is 26.3 Å². The van der Waals surface area contributed by atoms with Crippen molar-refractivity contribution in [2.75, 3.05) is 5.32 Å². The molecule has 1 N–H and O–H groups in total. The van der Waals surface area contributed by atoms with Crippen LogP contribution in [0, 0.1) is 44.0 Å². The SMILES string of the molecule is Cc1ccc(C(=[N-])N=[C-]C2CC2)cc1NC(=O)c1cnc2cccn2c1.[U+2]. The number of rotatable bonds is 4. The van der Waals surface area contributed by atoms with Crippen LogP contribution in [0.5, 0.6) is 0 Å². The molecule has 0 spiro atoms. The second-order valence-corrected chi connectivity index (χ2v) is 6.44. The van der Waals surface area contributed by atoms with E-state index in [2.05, 4.69) is 21.5 Å². The molecule has 0 saturated heterocycles. The molecule has 1 amide bonds. The maximum absolute atomic E-state index is 12.6. The Kier molecular flexibility index (Phi) is 5.93. The van der Waals surface area contributed by atoms with E-state index >= 15 is 0 Å². The van der Waals surface area contributed by atoms with Crippen molar-refractivity contribution in [1.82, 2.24) is 9.38 Å². The van der Waals surface area contributed by atoms with Crippen LogP contribution in [0.15, 0.2) is 53.9 Å². The molecule has 2 heterocycles. The third kappa shape index (κ3) is 4.55. The van der Waals surface area contributed by atoms with E-state index in [1.807, 2.05) is 31.3 Å². The first-order valence-electron chi connectivity index (χ1n) is 8.47. The van der Waals surface area contributed by atoms with Gasteiger partial charge in [-0.1, -0.05) is 25.0 Å². The summed E-state index contributed by atoms with van der Waals surface area (Å²) in [4.78, 5) is 20.8. The Bertz CT molecular complexity index is 1040. The number of nitrogens with one attached hydrogen (secondary N) is 1. The van der Waals surface area contributed by atoms with Crippen molar-refractivity contribution in [3.63, 3.8) is 0 Å². The molecule has 0 aliphatic heterocycles. The summed E-state index contributed by atoms with van der Waals surface area (Å²) in [6.45, 7) is 1.89. The number of carbonyl (C=O) groups is 1. The van der Waals surface area contributed by atoms with Gasteiger partial charge in [0.1, 0.15) is 5.65 Å². The number of carbonyl (C=O) groups excluding carboxylic acids is 1. The molecule has 1 aliphatic carbocycles. The fourth-order valence-corrected chi connectivity index (χ4v) is 2.56. The second-order valence-electron chi connectivity index (χ2n) is 6.44. The van der Waals surface area contributed by atoms with Crippen molar-refractivity contribution in [1.29, 1.82) is 0 Å². The average molecular weight is 581 g/mol. The quantitative estimate of drug-likeness (QED) is 0.291. The van der Waals surface area contributed by atoms with Crippen LogP contribution in [0.3, 0.4) is 0 Å². The molecular weight excluding hydrogens is 564 g/mol. The zero-order valence-electron chi connectivity index (χ0n) is 14.8. The standard InChI is InChI=1S/C20H17N5O.U/c1-13-4-7-15(19(21)23-10-14-5-6-14)9-17(13)24-20(26)16-11-22-18-3-2-8-25(18)12-16;/h2-4,7-9,11-12,14H,5-6H2,1H3,(H,24,26);/q-2;+2. The molecule has 1 aromatic carbocycles. The van der Waals surface area contributed by atoms with E-state index in [0.717, 1.165) is 24.1 Å². The molecule has 3 aromatic rings. The van der Waals surface area contributed by atoms with Crippen LogP contribution in [-0.2, 0) is 0 Å². The van der Waals surface area contributed by atoms with E-state index in [4.69, 9.17) is 0 Å². The molecule has 0 atom stereocenters. The Morgan fingerprint density at radius 1 is 1.33 bits per heavy atom. The number of fused-ring (bicyclic) bond motifs is 1. The molecule has 1 saturated carbocycles.